The molecule has 0 aromatic heterocycles. The van der Waals surface area contributed by atoms with Crippen molar-refractivity contribution in [2.24, 2.45) is 5.41 Å². The van der Waals surface area contributed by atoms with Crippen LogP contribution in [0.25, 0.3) is 0 Å². The molecule has 4 amide bonds. The Morgan fingerprint density at radius 3 is 2.50 bits per heavy atom. The van der Waals surface area contributed by atoms with Gasteiger partial charge >= 0.3 is 12.0 Å². The maximum absolute atomic E-state index is 12.2. The van der Waals surface area contributed by atoms with Gasteiger partial charge in [-0.2, -0.15) is 0 Å². The fourth-order valence-corrected chi connectivity index (χ4v) is 2.20. The zero-order valence-electron chi connectivity index (χ0n) is 13.6. The van der Waals surface area contributed by atoms with E-state index in [2.05, 4.69) is 16.0 Å². The van der Waals surface area contributed by atoms with Gasteiger partial charge in [-0.25, -0.2) is 4.79 Å². The van der Waals surface area contributed by atoms with Crippen LogP contribution < -0.4 is 16.0 Å². The summed E-state index contributed by atoms with van der Waals surface area (Å²) < 4.78 is 0. The smallest absolute Gasteiger partial charge is 0.322 e. The predicted molar refractivity (Wildman–Crippen MR) is 84.2 cm³/mol. The van der Waals surface area contributed by atoms with Crippen molar-refractivity contribution < 1.29 is 24.3 Å². The summed E-state index contributed by atoms with van der Waals surface area (Å²) in [7, 11) is 0. The Labute approximate surface area is 138 Å². The van der Waals surface area contributed by atoms with Crippen molar-refractivity contribution in [3.63, 3.8) is 0 Å². The van der Waals surface area contributed by atoms with Crippen molar-refractivity contribution in [3.8, 4) is 0 Å². The van der Waals surface area contributed by atoms with E-state index in [4.69, 9.17) is 5.11 Å². The molecule has 0 saturated carbocycles. The molecule has 1 fully saturated rings. The number of benzene rings is 1. The van der Waals surface area contributed by atoms with Crippen LogP contribution in [0.3, 0.4) is 0 Å². The molecule has 0 spiro atoms. The maximum atomic E-state index is 12.2. The Morgan fingerprint density at radius 1 is 1.29 bits per heavy atom. The van der Waals surface area contributed by atoms with Crippen LogP contribution in [0.1, 0.15) is 36.7 Å². The quantitative estimate of drug-likeness (QED) is 0.587. The maximum Gasteiger partial charge on any atom is 0.322 e. The lowest BCUT2D eigenvalue weighted by atomic mass is 9.90. The van der Waals surface area contributed by atoms with Gasteiger partial charge in [0.1, 0.15) is 5.54 Å². The lowest BCUT2D eigenvalue weighted by molar-refractivity contribution is -0.146. The van der Waals surface area contributed by atoms with Crippen molar-refractivity contribution in [2.45, 2.75) is 26.3 Å². The molecular weight excluding hydrogens is 314 g/mol. The van der Waals surface area contributed by atoms with Gasteiger partial charge in [-0.15, -0.1) is 0 Å². The summed E-state index contributed by atoms with van der Waals surface area (Å²) in [5, 5.41) is 16.3. The predicted octanol–water partition coefficient (Wildman–Crippen LogP) is 0.582. The molecule has 128 valence electrons. The first-order chi connectivity index (χ1) is 11.1. The molecule has 1 saturated heterocycles. The molecule has 1 aliphatic heterocycles. The number of rotatable bonds is 5. The van der Waals surface area contributed by atoms with E-state index in [-0.39, 0.29) is 12.1 Å². The molecule has 1 aromatic rings. The van der Waals surface area contributed by atoms with Crippen LogP contribution in [0.5, 0.6) is 0 Å². The summed E-state index contributed by atoms with van der Waals surface area (Å²) in [5.74, 6) is -1.98. The van der Waals surface area contributed by atoms with Gasteiger partial charge in [-0.1, -0.05) is 12.1 Å². The normalized spacial score (nSPS) is 20.3. The SMILES string of the molecule is CC(C)(CNC(=O)c1cccc(C2(C)NC(=O)NC2=O)c1)C(=O)O. The number of urea groups is 1. The summed E-state index contributed by atoms with van der Waals surface area (Å²) in [4.78, 5) is 46.6. The first-order valence-corrected chi connectivity index (χ1v) is 7.32. The van der Waals surface area contributed by atoms with Crippen LogP contribution in [0.15, 0.2) is 24.3 Å². The molecule has 0 radical (unpaired) electrons. The van der Waals surface area contributed by atoms with E-state index in [0.29, 0.717) is 5.56 Å². The van der Waals surface area contributed by atoms with Crippen LogP contribution in [-0.4, -0.2) is 35.5 Å². The number of carboxylic acid groups (broad SMARTS) is 1. The highest BCUT2D eigenvalue weighted by Crippen LogP contribution is 2.25. The zero-order chi connectivity index (χ0) is 18.1. The number of carbonyl (C=O) groups is 4. The standard InChI is InChI=1S/C16H19N3O5/c1-15(2,13(22)23)8-17-11(20)9-5-4-6-10(7-9)16(3)12(21)18-14(24)19-16/h4-7H,8H2,1-3H3,(H,17,20)(H,22,23)(H2,18,19,21,24). The van der Waals surface area contributed by atoms with Gasteiger partial charge in [-0.3, -0.25) is 19.7 Å². The first-order valence-electron chi connectivity index (χ1n) is 7.32. The van der Waals surface area contributed by atoms with Crippen LogP contribution in [-0.2, 0) is 15.1 Å². The Hall–Kier alpha value is -2.90. The lowest BCUT2D eigenvalue weighted by Crippen LogP contribution is -2.41. The van der Waals surface area contributed by atoms with Crippen molar-refractivity contribution in [1.29, 1.82) is 0 Å². The zero-order valence-corrected chi connectivity index (χ0v) is 13.6. The minimum absolute atomic E-state index is 0.0418. The average molecular weight is 333 g/mol. The van der Waals surface area contributed by atoms with Gasteiger partial charge in [0.25, 0.3) is 11.8 Å². The molecule has 1 aliphatic rings. The first kappa shape index (κ1) is 17.5. The number of amides is 4. The summed E-state index contributed by atoms with van der Waals surface area (Å²) >= 11 is 0. The van der Waals surface area contributed by atoms with Crippen LogP contribution >= 0.6 is 0 Å². The highest BCUT2D eigenvalue weighted by Gasteiger charge is 2.43. The molecule has 8 heteroatoms. The molecule has 8 nitrogen and oxygen atoms in total. The Bertz CT molecular complexity index is 728. The topological polar surface area (TPSA) is 125 Å². The van der Waals surface area contributed by atoms with E-state index < -0.39 is 34.8 Å². The van der Waals surface area contributed by atoms with Crippen LogP contribution in [0.2, 0.25) is 0 Å². The van der Waals surface area contributed by atoms with Gasteiger partial charge in [0, 0.05) is 12.1 Å². The highest BCUT2D eigenvalue weighted by molar-refractivity contribution is 6.07. The van der Waals surface area contributed by atoms with Gasteiger partial charge < -0.3 is 15.7 Å². The molecule has 0 aliphatic carbocycles. The summed E-state index contributed by atoms with van der Waals surface area (Å²) in [6.45, 7) is 4.51. The van der Waals surface area contributed by atoms with Crippen molar-refractivity contribution in [1.82, 2.24) is 16.0 Å². The third-order valence-electron chi connectivity index (χ3n) is 4.02. The molecule has 4 N–H and O–H groups in total. The second-order valence-corrected chi connectivity index (χ2v) is 6.49. The van der Waals surface area contributed by atoms with Crippen LogP contribution in [0.4, 0.5) is 4.79 Å². The molecule has 24 heavy (non-hydrogen) atoms. The van der Waals surface area contributed by atoms with Crippen molar-refractivity contribution in [2.75, 3.05) is 6.54 Å². The monoisotopic (exact) mass is 333 g/mol. The van der Waals surface area contributed by atoms with E-state index in [9.17, 15) is 19.2 Å². The molecule has 1 unspecified atom stereocenters. The fourth-order valence-electron chi connectivity index (χ4n) is 2.20. The largest absolute Gasteiger partial charge is 0.481 e. The van der Waals surface area contributed by atoms with E-state index >= 15 is 0 Å². The summed E-state index contributed by atoms with van der Waals surface area (Å²) in [6, 6.07) is 5.66. The number of hydrogen-bond acceptors (Lipinski definition) is 4. The van der Waals surface area contributed by atoms with Crippen LogP contribution in [0, 0.1) is 5.41 Å². The lowest BCUT2D eigenvalue weighted by Gasteiger charge is -2.22. The number of carbonyl (C=O) groups excluding carboxylic acids is 3. The number of nitrogens with one attached hydrogen (secondary N) is 3. The van der Waals surface area contributed by atoms with E-state index in [1.807, 2.05) is 0 Å². The Kier molecular flexibility index (Phi) is 4.33. The molecule has 0 bridgehead atoms. The number of carboxylic acids is 1. The Balaban J connectivity index is 2.19. The minimum atomic E-state index is -1.26. The summed E-state index contributed by atoms with van der Waals surface area (Å²) in [5.41, 5.74) is -1.63. The molecular formula is C16H19N3O5. The third kappa shape index (κ3) is 3.22. The Morgan fingerprint density at radius 2 is 1.96 bits per heavy atom. The van der Waals surface area contributed by atoms with Gasteiger partial charge in [0.15, 0.2) is 0 Å². The summed E-state index contributed by atoms with van der Waals surface area (Å²) in [6.07, 6.45) is 0. The van der Waals surface area contributed by atoms with Crippen molar-refractivity contribution in [3.05, 3.63) is 35.4 Å². The highest BCUT2D eigenvalue weighted by atomic mass is 16.4. The third-order valence-corrected chi connectivity index (χ3v) is 4.02. The second-order valence-electron chi connectivity index (χ2n) is 6.49. The van der Waals surface area contributed by atoms with Gasteiger partial charge in [0.2, 0.25) is 0 Å². The second kappa shape index (κ2) is 5.95. The van der Waals surface area contributed by atoms with Gasteiger partial charge in [0.05, 0.1) is 5.41 Å². The molecule has 1 atom stereocenters. The molecule has 2 rings (SSSR count). The van der Waals surface area contributed by atoms with E-state index in [1.165, 1.54) is 26.8 Å². The average Bonchev–Trinajstić information content (AvgIpc) is 2.78. The van der Waals surface area contributed by atoms with Gasteiger partial charge in [-0.05, 0) is 38.5 Å². The number of aliphatic carboxylic acids is 1. The minimum Gasteiger partial charge on any atom is -0.481 e. The molecule has 1 heterocycles. The van der Waals surface area contributed by atoms with E-state index in [1.54, 1.807) is 18.2 Å². The van der Waals surface area contributed by atoms with E-state index in [0.717, 1.165) is 0 Å². The number of hydrogen-bond donors (Lipinski definition) is 4. The van der Waals surface area contributed by atoms with Crippen molar-refractivity contribution >= 4 is 23.8 Å². The number of imide groups is 1. The fraction of sp³-hybridized carbons (Fsp3) is 0.375. The molecule has 1 aromatic carbocycles.